The van der Waals surface area contributed by atoms with E-state index in [1.165, 1.54) is 11.1 Å². The number of hydrogen-bond donors (Lipinski definition) is 0. The molecular weight excluding hydrogens is 294 g/mol. The van der Waals surface area contributed by atoms with Crippen molar-refractivity contribution in [3.8, 4) is 0 Å². The van der Waals surface area contributed by atoms with Gasteiger partial charge in [0.2, 0.25) is 0 Å². The summed E-state index contributed by atoms with van der Waals surface area (Å²) < 4.78 is 0. The Morgan fingerprint density at radius 2 is 1.43 bits per heavy atom. The molecule has 0 N–H and O–H groups in total. The van der Waals surface area contributed by atoms with Crippen molar-refractivity contribution in [2.24, 2.45) is 0 Å². The summed E-state index contributed by atoms with van der Waals surface area (Å²) in [5.74, 6) is 0. The minimum Gasteiger partial charge on any atom is -0.289 e. The van der Waals surface area contributed by atoms with Crippen LogP contribution >= 0.6 is 8.58 Å². The van der Waals surface area contributed by atoms with E-state index in [-0.39, 0.29) is 38.4 Å². The summed E-state index contributed by atoms with van der Waals surface area (Å²) in [4.78, 5) is 12.8. The molecule has 0 spiro atoms. The molecule has 0 radical (unpaired) electrons. The maximum atomic E-state index is 12.8. The zero-order valence-corrected chi connectivity index (χ0v) is 16.4. The fourth-order valence-corrected chi connectivity index (χ4v) is 3.88. The number of hydrogen-bond acceptors (Lipinski definition) is 1. The first-order valence-electron chi connectivity index (χ1n) is 7.69. The Kier molecular flexibility index (Phi) is 6.85. The van der Waals surface area contributed by atoms with Crippen LogP contribution in [-0.2, 0) is 5.41 Å². The van der Waals surface area contributed by atoms with E-state index in [2.05, 4.69) is 65.8 Å². The molecule has 2 rings (SSSR count). The van der Waals surface area contributed by atoms with Gasteiger partial charge < -0.3 is 0 Å². The van der Waals surface area contributed by atoms with Gasteiger partial charge in [-0.05, 0) is 62.3 Å². The van der Waals surface area contributed by atoms with Crippen LogP contribution in [0.5, 0.6) is 0 Å². The molecule has 3 heteroatoms. The Morgan fingerprint density at radius 1 is 0.913 bits per heavy atom. The van der Waals surface area contributed by atoms with Crippen LogP contribution in [0.15, 0.2) is 36.4 Å². The van der Waals surface area contributed by atoms with E-state index in [0.29, 0.717) is 0 Å². The van der Waals surface area contributed by atoms with E-state index in [9.17, 15) is 4.79 Å². The van der Waals surface area contributed by atoms with Crippen molar-refractivity contribution in [3.63, 3.8) is 0 Å². The second kappa shape index (κ2) is 7.81. The van der Waals surface area contributed by atoms with Crippen molar-refractivity contribution in [1.82, 2.24) is 0 Å². The van der Waals surface area contributed by atoms with Crippen LogP contribution in [0, 0.1) is 20.8 Å². The van der Waals surface area contributed by atoms with E-state index in [4.69, 9.17) is 0 Å². The van der Waals surface area contributed by atoms with Crippen LogP contribution in [-0.4, -0.2) is 5.52 Å². The summed E-state index contributed by atoms with van der Waals surface area (Å²) in [6.45, 7) is 12.8. The quantitative estimate of drug-likeness (QED) is 0.625. The molecule has 0 fully saturated rings. The Morgan fingerprint density at radius 3 is 1.91 bits per heavy atom. The Labute approximate surface area is 154 Å². The van der Waals surface area contributed by atoms with E-state index in [1.807, 2.05) is 12.1 Å². The molecule has 0 aliphatic heterocycles. The predicted octanol–water partition coefficient (Wildman–Crippen LogP) is 2.06. The smallest absolute Gasteiger partial charge is 0.289 e. The molecule has 0 amide bonds. The Balaban J connectivity index is 0.00000264. The van der Waals surface area contributed by atoms with E-state index < -0.39 is 0 Å². The standard InChI is InChI=1S/C20H25OP.Li/c1-13-9-7-8-10-17(13)22-19(21)18-14(2)11-16(12-15(18)3)20(4,5)6;/h7-12,22H,1-6H3;/q;+1. The van der Waals surface area contributed by atoms with E-state index in [0.717, 1.165) is 22.0 Å². The first kappa shape index (κ1) is 20.2. The minimum absolute atomic E-state index is 0. The average molecular weight is 319 g/mol. The molecule has 2 aromatic rings. The van der Waals surface area contributed by atoms with Crippen LogP contribution in [0.3, 0.4) is 0 Å². The van der Waals surface area contributed by atoms with Crippen molar-refractivity contribution < 1.29 is 23.7 Å². The van der Waals surface area contributed by atoms with Crippen LogP contribution in [0.2, 0.25) is 0 Å². The topological polar surface area (TPSA) is 17.1 Å². The van der Waals surface area contributed by atoms with Gasteiger partial charge in [-0.3, -0.25) is 4.79 Å². The maximum Gasteiger partial charge on any atom is 1.00 e. The first-order valence-corrected chi connectivity index (χ1v) is 8.69. The molecule has 0 heterocycles. The minimum atomic E-state index is 0. The molecule has 0 aliphatic carbocycles. The number of aryl methyl sites for hydroxylation is 3. The van der Waals surface area contributed by atoms with Crippen molar-refractivity contribution in [2.45, 2.75) is 47.0 Å². The van der Waals surface area contributed by atoms with Gasteiger partial charge >= 0.3 is 18.9 Å². The number of carbonyl (C=O) groups is 1. The third-order valence-corrected chi connectivity index (χ3v) is 5.33. The van der Waals surface area contributed by atoms with Gasteiger partial charge in [0.25, 0.3) is 0 Å². The fourth-order valence-electron chi connectivity index (χ4n) is 2.65. The number of benzene rings is 2. The SMILES string of the molecule is Cc1ccccc1PC(=O)c1c(C)cc(C(C)(C)C)cc1C.[Li+]. The third-order valence-electron chi connectivity index (χ3n) is 4.02. The second-order valence-corrected chi connectivity index (χ2v) is 8.25. The monoisotopic (exact) mass is 319 g/mol. The molecule has 1 nitrogen and oxygen atoms in total. The third kappa shape index (κ3) is 4.81. The second-order valence-electron chi connectivity index (χ2n) is 7.00. The van der Waals surface area contributed by atoms with E-state index >= 15 is 0 Å². The zero-order chi connectivity index (χ0) is 16.5. The first-order chi connectivity index (χ1) is 10.2. The van der Waals surface area contributed by atoms with Gasteiger partial charge in [0.15, 0.2) is 5.52 Å². The molecule has 116 valence electrons. The van der Waals surface area contributed by atoms with Crippen molar-refractivity contribution in [2.75, 3.05) is 0 Å². The molecule has 0 aromatic heterocycles. The summed E-state index contributed by atoms with van der Waals surface area (Å²) in [6, 6.07) is 12.5. The number of carbonyl (C=O) groups excluding carboxylic acids is 1. The normalized spacial score (nSPS) is 11.6. The van der Waals surface area contributed by atoms with Crippen LogP contribution in [0.1, 0.15) is 53.4 Å². The summed E-state index contributed by atoms with van der Waals surface area (Å²) in [6.07, 6.45) is 0. The molecule has 0 saturated heterocycles. The van der Waals surface area contributed by atoms with Crippen LogP contribution in [0.25, 0.3) is 0 Å². The largest absolute Gasteiger partial charge is 1.00 e. The van der Waals surface area contributed by atoms with Gasteiger partial charge in [-0.1, -0.05) is 57.2 Å². The molecule has 0 bridgehead atoms. The molecule has 23 heavy (non-hydrogen) atoms. The Hall–Kier alpha value is -0.863. The van der Waals surface area contributed by atoms with Crippen molar-refractivity contribution >= 4 is 19.4 Å². The maximum absolute atomic E-state index is 12.8. The summed E-state index contributed by atoms with van der Waals surface area (Å²) in [5, 5.41) is 1.14. The molecule has 1 unspecified atom stereocenters. The van der Waals surface area contributed by atoms with Gasteiger partial charge in [0.1, 0.15) is 0 Å². The summed E-state index contributed by atoms with van der Waals surface area (Å²) >= 11 is 0. The number of rotatable bonds is 3. The molecule has 0 saturated carbocycles. The van der Waals surface area contributed by atoms with E-state index in [1.54, 1.807) is 0 Å². The van der Waals surface area contributed by atoms with Crippen molar-refractivity contribution in [1.29, 1.82) is 0 Å². The molecular formula is C20H25LiOP+. The summed E-state index contributed by atoms with van der Waals surface area (Å²) in [7, 11) is 0.192. The van der Waals surface area contributed by atoms with Gasteiger partial charge in [-0.2, -0.15) is 0 Å². The molecule has 1 atom stereocenters. The van der Waals surface area contributed by atoms with Gasteiger partial charge in [0.05, 0.1) is 0 Å². The van der Waals surface area contributed by atoms with Crippen LogP contribution in [0.4, 0.5) is 0 Å². The van der Waals surface area contributed by atoms with Gasteiger partial charge in [0, 0.05) is 5.56 Å². The summed E-state index contributed by atoms with van der Waals surface area (Å²) in [5.41, 5.74) is 5.91. The molecule has 0 aliphatic rings. The zero-order valence-electron chi connectivity index (χ0n) is 15.4. The Bertz CT molecular complexity index is 691. The fraction of sp³-hybridized carbons (Fsp3) is 0.350. The van der Waals surface area contributed by atoms with Crippen molar-refractivity contribution in [3.05, 3.63) is 64.2 Å². The van der Waals surface area contributed by atoms with Crippen LogP contribution < -0.4 is 24.2 Å². The van der Waals surface area contributed by atoms with Gasteiger partial charge in [-0.15, -0.1) is 0 Å². The molecule has 2 aromatic carbocycles. The van der Waals surface area contributed by atoms with Gasteiger partial charge in [-0.25, -0.2) is 0 Å². The average Bonchev–Trinajstić information content (AvgIpc) is 2.39. The predicted molar refractivity (Wildman–Crippen MR) is 98.1 cm³/mol.